The molecule has 23 heavy (non-hydrogen) atoms. The van der Waals surface area contributed by atoms with Gasteiger partial charge in [0.25, 0.3) is 0 Å². The van der Waals surface area contributed by atoms with Crippen LogP contribution in [0.15, 0.2) is 60.8 Å². The number of hydrogen-bond acceptors (Lipinski definition) is 3. The summed E-state index contributed by atoms with van der Waals surface area (Å²) in [7, 11) is 1.93. The summed E-state index contributed by atoms with van der Waals surface area (Å²) in [5, 5.41) is 5.38. The van der Waals surface area contributed by atoms with E-state index in [1.54, 1.807) is 0 Å². The highest BCUT2D eigenvalue weighted by molar-refractivity contribution is 5.91. The van der Waals surface area contributed by atoms with Gasteiger partial charge in [0.1, 0.15) is 6.10 Å². The van der Waals surface area contributed by atoms with Gasteiger partial charge in [0.15, 0.2) is 0 Å². The standard InChI is InChI=1S/C19H16N2O2/c1-12-9-18(23-19(12)22)16-6-4-3-5-15(16)13-7-8-17-14(10-13)11-20-21(17)2/h3-8,10-11,18H,1,9H2,2H3. The molecule has 1 aliphatic rings. The second kappa shape index (κ2) is 5.09. The first-order chi connectivity index (χ1) is 11.1. The quantitative estimate of drug-likeness (QED) is 0.534. The van der Waals surface area contributed by atoms with E-state index in [-0.39, 0.29) is 12.1 Å². The van der Waals surface area contributed by atoms with E-state index >= 15 is 0 Å². The van der Waals surface area contributed by atoms with Crippen LogP contribution in [0.5, 0.6) is 0 Å². The summed E-state index contributed by atoms with van der Waals surface area (Å²) in [4.78, 5) is 11.7. The number of rotatable bonds is 2. The molecule has 0 N–H and O–H groups in total. The maximum Gasteiger partial charge on any atom is 0.334 e. The van der Waals surface area contributed by atoms with Crippen molar-refractivity contribution in [2.45, 2.75) is 12.5 Å². The van der Waals surface area contributed by atoms with Crippen molar-refractivity contribution in [3.8, 4) is 11.1 Å². The van der Waals surface area contributed by atoms with Gasteiger partial charge in [0.2, 0.25) is 0 Å². The highest BCUT2D eigenvalue weighted by Gasteiger charge is 2.30. The number of nitrogens with zero attached hydrogens (tertiary/aromatic N) is 2. The molecule has 0 spiro atoms. The van der Waals surface area contributed by atoms with Crippen molar-refractivity contribution < 1.29 is 9.53 Å². The van der Waals surface area contributed by atoms with E-state index in [0.717, 1.165) is 27.6 Å². The molecule has 2 heterocycles. The Morgan fingerprint density at radius 1 is 1.26 bits per heavy atom. The van der Waals surface area contributed by atoms with Gasteiger partial charge in [0.05, 0.1) is 11.7 Å². The SMILES string of the molecule is C=C1CC(c2ccccc2-c2ccc3c(cnn3C)c2)OC1=O. The Balaban J connectivity index is 1.82. The predicted molar refractivity (Wildman–Crippen MR) is 88.7 cm³/mol. The number of aromatic nitrogens is 2. The molecule has 1 fully saturated rings. The molecule has 0 radical (unpaired) electrons. The van der Waals surface area contributed by atoms with Crippen LogP contribution < -0.4 is 0 Å². The highest BCUT2D eigenvalue weighted by Crippen LogP contribution is 2.38. The smallest absolute Gasteiger partial charge is 0.334 e. The third-order valence-electron chi connectivity index (χ3n) is 4.33. The third kappa shape index (κ3) is 2.23. The number of fused-ring (bicyclic) bond motifs is 1. The highest BCUT2D eigenvalue weighted by atomic mass is 16.5. The van der Waals surface area contributed by atoms with Gasteiger partial charge in [-0.15, -0.1) is 0 Å². The van der Waals surface area contributed by atoms with Crippen molar-refractivity contribution in [3.05, 3.63) is 66.4 Å². The van der Waals surface area contributed by atoms with Gasteiger partial charge >= 0.3 is 5.97 Å². The molecule has 1 atom stereocenters. The Hall–Kier alpha value is -2.88. The van der Waals surface area contributed by atoms with E-state index in [1.165, 1.54) is 0 Å². The minimum atomic E-state index is -0.299. The Morgan fingerprint density at radius 2 is 2.09 bits per heavy atom. The van der Waals surface area contributed by atoms with Crippen molar-refractivity contribution in [2.24, 2.45) is 7.05 Å². The molecule has 4 rings (SSSR count). The van der Waals surface area contributed by atoms with Crippen molar-refractivity contribution in [1.82, 2.24) is 9.78 Å². The number of aryl methyl sites for hydroxylation is 1. The van der Waals surface area contributed by atoms with Crippen LogP contribution in [-0.2, 0) is 16.6 Å². The molecule has 2 aromatic carbocycles. The van der Waals surface area contributed by atoms with Gasteiger partial charge in [-0.2, -0.15) is 5.10 Å². The van der Waals surface area contributed by atoms with Crippen molar-refractivity contribution in [1.29, 1.82) is 0 Å². The Kier molecular flexibility index (Phi) is 3.05. The molecule has 1 saturated heterocycles. The van der Waals surface area contributed by atoms with E-state index in [1.807, 2.05) is 36.1 Å². The van der Waals surface area contributed by atoms with Gasteiger partial charge in [0, 0.05) is 30.0 Å². The molecule has 0 aliphatic carbocycles. The molecule has 0 saturated carbocycles. The second-order valence-electron chi connectivity index (χ2n) is 5.83. The van der Waals surface area contributed by atoms with Gasteiger partial charge in [-0.05, 0) is 23.3 Å². The number of carbonyl (C=O) groups excluding carboxylic acids is 1. The fraction of sp³-hybridized carbons (Fsp3) is 0.158. The van der Waals surface area contributed by atoms with Crippen molar-refractivity contribution in [3.63, 3.8) is 0 Å². The maximum absolute atomic E-state index is 11.7. The molecule has 1 aromatic heterocycles. The van der Waals surface area contributed by atoms with Crippen LogP contribution in [-0.4, -0.2) is 15.7 Å². The normalized spacial score (nSPS) is 17.7. The maximum atomic E-state index is 11.7. The number of esters is 1. The Morgan fingerprint density at radius 3 is 2.87 bits per heavy atom. The van der Waals surface area contributed by atoms with E-state index in [0.29, 0.717) is 12.0 Å². The lowest BCUT2D eigenvalue weighted by molar-refractivity contribution is -0.139. The summed E-state index contributed by atoms with van der Waals surface area (Å²) in [5.41, 5.74) is 4.81. The van der Waals surface area contributed by atoms with E-state index < -0.39 is 0 Å². The zero-order chi connectivity index (χ0) is 16.0. The van der Waals surface area contributed by atoms with Crippen LogP contribution in [0.25, 0.3) is 22.0 Å². The molecule has 1 aliphatic heterocycles. The number of ether oxygens (including phenoxy) is 1. The first-order valence-corrected chi connectivity index (χ1v) is 7.53. The van der Waals surface area contributed by atoms with Gasteiger partial charge in [-0.3, -0.25) is 4.68 Å². The van der Waals surface area contributed by atoms with Crippen LogP contribution in [0, 0.1) is 0 Å². The Labute approximate surface area is 134 Å². The zero-order valence-corrected chi connectivity index (χ0v) is 12.8. The van der Waals surface area contributed by atoms with Crippen LogP contribution in [0.4, 0.5) is 0 Å². The number of hydrogen-bond donors (Lipinski definition) is 0. The molecular weight excluding hydrogens is 288 g/mol. The average molecular weight is 304 g/mol. The fourth-order valence-corrected chi connectivity index (χ4v) is 3.11. The average Bonchev–Trinajstić information content (AvgIpc) is 3.10. The van der Waals surface area contributed by atoms with Crippen molar-refractivity contribution >= 4 is 16.9 Å². The van der Waals surface area contributed by atoms with Gasteiger partial charge in [-0.1, -0.05) is 36.9 Å². The minimum Gasteiger partial charge on any atom is -0.454 e. The summed E-state index contributed by atoms with van der Waals surface area (Å²) >= 11 is 0. The molecule has 0 bridgehead atoms. The molecular formula is C19H16N2O2. The summed E-state index contributed by atoms with van der Waals surface area (Å²) in [6.07, 6.45) is 2.15. The van der Waals surface area contributed by atoms with Crippen LogP contribution in [0.2, 0.25) is 0 Å². The molecule has 3 aromatic rings. The Bertz CT molecular complexity index is 923. The van der Waals surface area contributed by atoms with Crippen molar-refractivity contribution in [2.75, 3.05) is 0 Å². The lowest BCUT2D eigenvalue weighted by Gasteiger charge is -2.15. The predicted octanol–water partition coefficient (Wildman–Crippen LogP) is 3.78. The number of carbonyl (C=O) groups is 1. The molecule has 0 amide bonds. The summed E-state index contributed by atoms with van der Waals surface area (Å²) in [5.74, 6) is -0.299. The minimum absolute atomic E-state index is 0.254. The monoisotopic (exact) mass is 304 g/mol. The number of cyclic esters (lactones) is 1. The molecule has 114 valence electrons. The lowest BCUT2D eigenvalue weighted by atomic mass is 9.94. The van der Waals surface area contributed by atoms with Gasteiger partial charge < -0.3 is 4.74 Å². The topological polar surface area (TPSA) is 44.1 Å². The first-order valence-electron chi connectivity index (χ1n) is 7.53. The number of benzene rings is 2. The van der Waals surface area contributed by atoms with Gasteiger partial charge in [-0.25, -0.2) is 4.79 Å². The largest absolute Gasteiger partial charge is 0.454 e. The lowest BCUT2D eigenvalue weighted by Crippen LogP contribution is -2.00. The molecule has 4 heteroatoms. The van der Waals surface area contributed by atoms with Crippen LogP contribution in [0.1, 0.15) is 18.1 Å². The first kappa shape index (κ1) is 13.8. The summed E-state index contributed by atoms with van der Waals surface area (Å²) in [6.45, 7) is 3.77. The zero-order valence-electron chi connectivity index (χ0n) is 12.8. The van der Waals surface area contributed by atoms with E-state index in [2.05, 4.69) is 35.9 Å². The molecule has 4 nitrogen and oxygen atoms in total. The summed E-state index contributed by atoms with van der Waals surface area (Å²) in [6, 6.07) is 14.3. The van der Waals surface area contributed by atoms with E-state index in [9.17, 15) is 4.79 Å². The van der Waals surface area contributed by atoms with E-state index in [4.69, 9.17) is 4.74 Å². The third-order valence-corrected chi connectivity index (χ3v) is 4.33. The molecule has 1 unspecified atom stereocenters. The summed E-state index contributed by atoms with van der Waals surface area (Å²) < 4.78 is 7.31. The van der Waals surface area contributed by atoms with Crippen LogP contribution in [0.3, 0.4) is 0 Å². The second-order valence-corrected chi connectivity index (χ2v) is 5.83. The van der Waals surface area contributed by atoms with Crippen LogP contribution >= 0.6 is 0 Å². The fourth-order valence-electron chi connectivity index (χ4n) is 3.11.